The van der Waals surface area contributed by atoms with Crippen molar-refractivity contribution in [2.45, 2.75) is 56.0 Å². The number of amides is 2. The quantitative estimate of drug-likeness (QED) is 0.679. The van der Waals surface area contributed by atoms with Gasteiger partial charge in [0.2, 0.25) is 21.8 Å². The third-order valence-corrected chi connectivity index (χ3v) is 8.49. The predicted molar refractivity (Wildman–Crippen MR) is 129 cm³/mol. The summed E-state index contributed by atoms with van der Waals surface area (Å²) >= 11 is 0. The fourth-order valence-electron chi connectivity index (χ4n) is 4.76. The fourth-order valence-corrected chi connectivity index (χ4v) is 6.24. The second-order valence-electron chi connectivity index (χ2n) is 9.25. The van der Waals surface area contributed by atoms with E-state index in [0.717, 1.165) is 35.6 Å². The SMILES string of the molecule is COc1cccc(N2C(=O)CN(S(=O)(=O)c3ccc(C)cc3)C[C@]2(C)C(=O)NC2CCCC2)c1. The molecule has 0 radical (unpaired) electrons. The average Bonchev–Trinajstić information content (AvgIpc) is 3.32. The maximum absolute atomic E-state index is 13.7. The van der Waals surface area contributed by atoms with Crippen molar-refractivity contribution in [3.8, 4) is 5.75 Å². The molecule has 1 saturated carbocycles. The number of rotatable bonds is 6. The van der Waals surface area contributed by atoms with Gasteiger partial charge in [0.25, 0.3) is 0 Å². The van der Waals surface area contributed by atoms with Crippen LogP contribution in [-0.4, -0.2) is 56.3 Å². The van der Waals surface area contributed by atoms with Gasteiger partial charge in [-0.25, -0.2) is 8.42 Å². The molecule has 1 aliphatic carbocycles. The van der Waals surface area contributed by atoms with Crippen molar-refractivity contribution in [1.29, 1.82) is 0 Å². The Hall–Kier alpha value is -2.91. The van der Waals surface area contributed by atoms with Crippen LogP contribution in [0.5, 0.6) is 5.75 Å². The summed E-state index contributed by atoms with van der Waals surface area (Å²) in [6.45, 7) is 2.98. The average molecular weight is 486 g/mol. The Balaban J connectivity index is 1.73. The van der Waals surface area contributed by atoms with E-state index in [2.05, 4.69) is 5.32 Å². The van der Waals surface area contributed by atoms with Gasteiger partial charge >= 0.3 is 0 Å². The van der Waals surface area contributed by atoms with Crippen LogP contribution in [0.2, 0.25) is 0 Å². The lowest BCUT2D eigenvalue weighted by atomic mass is 9.94. The molecule has 1 N–H and O–H groups in total. The molecule has 0 bridgehead atoms. The van der Waals surface area contributed by atoms with Crippen LogP contribution in [0.4, 0.5) is 5.69 Å². The standard InChI is InChI=1S/C25H31N3O5S/c1-18-11-13-22(14-12-18)34(31,32)27-16-23(29)28(20-9-6-10-21(15-20)33-3)25(2,17-27)24(30)26-19-7-4-5-8-19/h6,9-15,19H,4-5,7-8,16-17H2,1-3H3,(H,26,30)/t25-/m1/s1. The van der Waals surface area contributed by atoms with Gasteiger partial charge in [0.15, 0.2) is 0 Å². The number of sulfonamides is 1. The molecular formula is C25H31N3O5S. The summed E-state index contributed by atoms with van der Waals surface area (Å²) in [4.78, 5) is 28.7. The Labute approximate surface area is 200 Å². The van der Waals surface area contributed by atoms with Crippen molar-refractivity contribution in [1.82, 2.24) is 9.62 Å². The van der Waals surface area contributed by atoms with E-state index in [4.69, 9.17) is 4.74 Å². The van der Waals surface area contributed by atoms with Gasteiger partial charge in [-0.3, -0.25) is 14.5 Å². The zero-order chi connectivity index (χ0) is 24.5. The molecule has 0 unspecified atom stereocenters. The molecule has 1 atom stereocenters. The molecule has 9 heteroatoms. The van der Waals surface area contributed by atoms with Crippen LogP contribution >= 0.6 is 0 Å². The number of carbonyl (C=O) groups is 2. The molecule has 34 heavy (non-hydrogen) atoms. The van der Waals surface area contributed by atoms with Gasteiger partial charge in [-0.1, -0.05) is 36.6 Å². The van der Waals surface area contributed by atoms with E-state index in [1.54, 1.807) is 43.3 Å². The highest BCUT2D eigenvalue weighted by Gasteiger charge is 2.51. The molecular weight excluding hydrogens is 454 g/mol. The lowest BCUT2D eigenvalue weighted by Gasteiger charge is -2.47. The minimum absolute atomic E-state index is 0.0238. The van der Waals surface area contributed by atoms with Gasteiger partial charge in [-0.2, -0.15) is 4.31 Å². The fraction of sp³-hybridized carbons (Fsp3) is 0.440. The van der Waals surface area contributed by atoms with E-state index < -0.39 is 21.5 Å². The molecule has 2 fully saturated rings. The molecule has 2 aromatic carbocycles. The largest absolute Gasteiger partial charge is 0.497 e. The normalized spacial score (nSPS) is 22.1. The van der Waals surface area contributed by atoms with Crippen LogP contribution in [0.3, 0.4) is 0 Å². The van der Waals surface area contributed by atoms with Crippen molar-refractivity contribution >= 4 is 27.5 Å². The van der Waals surface area contributed by atoms with E-state index in [-0.39, 0.29) is 29.9 Å². The first-order chi connectivity index (χ1) is 16.1. The highest BCUT2D eigenvalue weighted by atomic mass is 32.2. The molecule has 2 aliphatic rings. The van der Waals surface area contributed by atoms with Gasteiger partial charge in [0, 0.05) is 24.3 Å². The molecule has 1 aliphatic heterocycles. The number of aryl methyl sites for hydroxylation is 1. The van der Waals surface area contributed by atoms with E-state index in [1.165, 1.54) is 24.1 Å². The molecule has 1 saturated heterocycles. The Kier molecular flexibility index (Phi) is 6.69. The van der Waals surface area contributed by atoms with Gasteiger partial charge in [-0.15, -0.1) is 0 Å². The summed E-state index contributed by atoms with van der Waals surface area (Å²) in [7, 11) is -2.45. The van der Waals surface area contributed by atoms with Crippen molar-refractivity contribution in [3.05, 3.63) is 54.1 Å². The number of ether oxygens (including phenoxy) is 1. The summed E-state index contributed by atoms with van der Waals surface area (Å²) in [5, 5.41) is 3.07. The number of nitrogens with zero attached hydrogens (tertiary/aromatic N) is 2. The van der Waals surface area contributed by atoms with Crippen LogP contribution < -0.4 is 15.0 Å². The van der Waals surface area contributed by atoms with E-state index >= 15 is 0 Å². The Morgan fingerprint density at radius 1 is 1.12 bits per heavy atom. The molecule has 0 spiro atoms. The molecule has 2 aromatic rings. The molecule has 8 nitrogen and oxygen atoms in total. The minimum atomic E-state index is -3.98. The third-order valence-electron chi connectivity index (χ3n) is 6.69. The first-order valence-electron chi connectivity index (χ1n) is 11.5. The number of nitrogens with one attached hydrogen (secondary N) is 1. The van der Waals surface area contributed by atoms with E-state index in [1.807, 2.05) is 6.92 Å². The highest BCUT2D eigenvalue weighted by Crippen LogP contribution is 2.34. The van der Waals surface area contributed by atoms with Gasteiger partial charge < -0.3 is 10.1 Å². The van der Waals surface area contributed by atoms with Crippen LogP contribution in [-0.2, 0) is 19.6 Å². The van der Waals surface area contributed by atoms with Crippen LogP contribution in [0.25, 0.3) is 0 Å². The second kappa shape index (κ2) is 9.38. The number of hydrogen-bond acceptors (Lipinski definition) is 5. The highest BCUT2D eigenvalue weighted by molar-refractivity contribution is 7.89. The molecule has 4 rings (SSSR count). The number of hydrogen-bond donors (Lipinski definition) is 1. The molecule has 182 valence electrons. The monoisotopic (exact) mass is 485 g/mol. The van der Waals surface area contributed by atoms with Crippen molar-refractivity contribution < 1.29 is 22.7 Å². The second-order valence-corrected chi connectivity index (χ2v) is 11.2. The smallest absolute Gasteiger partial charge is 0.247 e. The van der Waals surface area contributed by atoms with E-state index in [0.29, 0.717) is 11.4 Å². The molecule has 0 aromatic heterocycles. The van der Waals surface area contributed by atoms with Gasteiger partial charge in [0.1, 0.15) is 11.3 Å². The lowest BCUT2D eigenvalue weighted by molar-refractivity contribution is -0.133. The molecule has 2 amide bonds. The Morgan fingerprint density at radius 2 is 1.79 bits per heavy atom. The van der Waals surface area contributed by atoms with Gasteiger partial charge in [-0.05, 0) is 51.0 Å². The zero-order valence-electron chi connectivity index (χ0n) is 19.8. The first-order valence-corrected chi connectivity index (χ1v) is 12.9. The number of methoxy groups -OCH3 is 1. The minimum Gasteiger partial charge on any atom is -0.497 e. The first kappa shape index (κ1) is 24.2. The van der Waals surface area contributed by atoms with Gasteiger partial charge in [0.05, 0.1) is 18.6 Å². The summed E-state index contributed by atoms with van der Waals surface area (Å²) in [5.74, 6) is -0.294. The van der Waals surface area contributed by atoms with Crippen LogP contribution in [0.15, 0.2) is 53.4 Å². The van der Waals surface area contributed by atoms with Crippen molar-refractivity contribution in [3.63, 3.8) is 0 Å². The lowest BCUT2D eigenvalue weighted by Crippen LogP contribution is -2.70. The number of piperazine rings is 1. The topological polar surface area (TPSA) is 96.0 Å². The summed E-state index contributed by atoms with van der Waals surface area (Å²) in [6.07, 6.45) is 3.82. The maximum Gasteiger partial charge on any atom is 0.247 e. The maximum atomic E-state index is 13.7. The van der Waals surface area contributed by atoms with E-state index in [9.17, 15) is 18.0 Å². The third kappa shape index (κ3) is 4.54. The predicted octanol–water partition coefficient (Wildman–Crippen LogP) is 2.86. The van der Waals surface area contributed by atoms with Crippen molar-refractivity contribution in [2.75, 3.05) is 25.1 Å². The Morgan fingerprint density at radius 3 is 2.44 bits per heavy atom. The number of anilines is 1. The molecule has 1 heterocycles. The number of carbonyl (C=O) groups excluding carboxylic acids is 2. The summed E-state index contributed by atoms with van der Waals surface area (Å²) in [6, 6.07) is 13.4. The zero-order valence-corrected chi connectivity index (χ0v) is 20.6. The van der Waals surface area contributed by atoms with Crippen LogP contribution in [0.1, 0.15) is 38.2 Å². The summed E-state index contributed by atoms with van der Waals surface area (Å²) < 4.78 is 33.3. The number of benzene rings is 2. The van der Waals surface area contributed by atoms with Crippen molar-refractivity contribution in [2.24, 2.45) is 0 Å². The summed E-state index contributed by atoms with van der Waals surface area (Å²) in [5.41, 5.74) is -0.0262. The Bertz CT molecular complexity index is 1180. The van der Waals surface area contributed by atoms with Crippen LogP contribution in [0, 0.1) is 6.92 Å².